The number of aliphatic hydroxyl groups is 1. The van der Waals surface area contributed by atoms with Gasteiger partial charge in [0.05, 0.1) is 13.2 Å². The van der Waals surface area contributed by atoms with E-state index >= 15 is 0 Å². The molecule has 0 aromatic rings. The Hall–Kier alpha value is -0.770. The normalized spacial score (nSPS) is 31.0. The van der Waals surface area contributed by atoms with E-state index in [1.165, 1.54) is 32.1 Å². The Labute approximate surface area is 147 Å². The van der Waals surface area contributed by atoms with Gasteiger partial charge in [0.2, 0.25) is 0 Å². The second kappa shape index (κ2) is 10.3. The van der Waals surface area contributed by atoms with Crippen LogP contribution in [-0.4, -0.2) is 31.1 Å². The largest absolute Gasteiger partial charge is 0.508 e. The molecule has 0 amide bonds. The Kier molecular flexibility index (Phi) is 8.37. The van der Waals surface area contributed by atoms with Crippen molar-refractivity contribution in [3.63, 3.8) is 0 Å². The van der Waals surface area contributed by atoms with Crippen molar-refractivity contribution in [2.24, 2.45) is 29.6 Å². The molecule has 0 aliphatic heterocycles. The van der Waals surface area contributed by atoms with E-state index in [1.54, 1.807) is 0 Å². The van der Waals surface area contributed by atoms with Gasteiger partial charge < -0.3 is 14.6 Å². The predicted molar refractivity (Wildman–Crippen MR) is 94.7 cm³/mol. The summed E-state index contributed by atoms with van der Waals surface area (Å²) < 4.78 is 10.6. The van der Waals surface area contributed by atoms with E-state index < -0.39 is 6.16 Å². The number of hydrogen-bond donors (Lipinski definition) is 1. The van der Waals surface area contributed by atoms with Crippen LogP contribution < -0.4 is 0 Å². The van der Waals surface area contributed by atoms with E-state index in [-0.39, 0.29) is 6.61 Å². The summed E-state index contributed by atoms with van der Waals surface area (Å²) in [6, 6.07) is 0. The molecule has 140 valence electrons. The van der Waals surface area contributed by atoms with Gasteiger partial charge in [-0.2, -0.15) is 0 Å². The van der Waals surface area contributed by atoms with Crippen LogP contribution in [0.2, 0.25) is 0 Å². The zero-order valence-electron chi connectivity index (χ0n) is 15.5. The topological polar surface area (TPSA) is 55.8 Å². The minimum absolute atomic E-state index is 0.287. The molecule has 0 spiro atoms. The molecular formula is C20H36O4. The Morgan fingerprint density at radius 3 is 1.67 bits per heavy atom. The summed E-state index contributed by atoms with van der Waals surface area (Å²) >= 11 is 0. The Bertz CT molecular complexity index is 353. The van der Waals surface area contributed by atoms with Crippen LogP contribution in [0.5, 0.6) is 0 Å². The highest BCUT2D eigenvalue weighted by Crippen LogP contribution is 2.33. The highest BCUT2D eigenvalue weighted by atomic mass is 16.7. The molecule has 2 aliphatic rings. The smallest absolute Gasteiger partial charge is 0.434 e. The number of carbonyl (C=O) groups is 1. The predicted octanol–water partition coefficient (Wildman–Crippen LogP) is 4.79. The average Bonchev–Trinajstić information content (AvgIpc) is 2.59. The van der Waals surface area contributed by atoms with Crippen LogP contribution in [0.3, 0.4) is 0 Å². The number of rotatable bonds is 7. The highest BCUT2D eigenvalue weighted by molar-refractivity contribution is 5.59. The molecule has 0 aromatic heterocycles. The van der Waals surface area contributed by atoms with Crippen LogP contribution >= 0.6 is 0 Å². The van der Waals surface area contributed by atoms with E-state index in [0.717, 1.165) is 37.5 Å². The van der Waals surface area contributed by atoms with Crippen LogP contribution in [0.15, 0.2) is 0 Å². The van der Waals surface area contributed by atoms with Gasteiger partial charge in [-0.25, -0.2) is 4.79 Å². The minimum atomic E-state index is -0.497. The summed E-state index contributed by atoms with van der Waals surface area (Å²) in [4.78, 5) is 11.8. The van der Waals surface area contributed by atoms with Crippen molar-refractivity contribution in [3.8, 4) is 0 Å². The van der Waals surface area contributed by atoms with Crippen LogP contribution in [-0.2, 0) is 9.47 Å². The van der Waals surface area contributed by atoms with E-state index in [1.807, 2.05) is 0 Å². The van der Waals surface area contributed by atoms with E-state index in [9.17, 15) is 4.79 Å². The second-order valence-electron chi connectivity index (χ2n) is 8.46. The monoisotopic (exact) mass is 340 g/mol. The fourth-order valence-electron chi connectivity index (χ4n) is 4.29. The van der Waals surface area contributed by atoms with E-state index in [2.05, 4.69) is 13.8 Å². The zero-order chi connectivity index (χ0) is 17.4. The third kappa shape index (κ3) is 7.00. The lowest BCUT2D eigenvalue weighted by Gasteiger charge is -2.29. The van der Waals surface area contributed by atoms with Gasteiger partial charge in [0.1, 0.15) is 0 Å². The summed E-state index contributed by atoms with van der Waals surface area (Å²) in [6.07, 6.45) is 9.89. The third-order valence-corrected chi connectivity index (χ3v) is 5.87. The molecule has 2 rings (SSSR count). The van der Waals surface area contributed by atoms with Crippen molar-refractivity contribution in [2.75, 3.05) is 19.8 Å². The van der Waals surface area contributed by atoms with Crippen LogP contribution in [0, 0.1) is 29.6 Å². The molecule has 0 saturated heterocycles. The van der Waals surface area contributed by atoms with Crippen molar-refractivity contribution >= 4 is 6.16 Å². The summed E-state index contributed by atoms with van der Waals surface area (Å²) in [6.45, 7) is 5.86. The lowest BCUT2D eigenvalue weighted by Crippen LogP contribution is -2.24. The van der Waals surface area contributed by atoms with E-state index in [0.29, 0.717) is 31.0 Å². The van der Waals surface area contributed by atoms with E-state index in [4.69, 9.17) is 14.6 Å². The summed E-state index contributed by atoms with van der Waals surface area (Å²) in [5.41, 5.74) is 0. The summed E-state index contributed by atoms with van der Waals surface area (Å²) in [7, 11) is 0. The van der Waals surface area contributed by atoms with Gasteiger partial charge in [-0.1, -0.05) is 26.7 Å². The van der Waals surface area contributed by atoms with Gasteiger partial charge >= 0.3 is 6.16 Å². The molecule has 4 nitrogen and oxygen atoms in total. The van der Waals surface area contributed by atoms with Crippen LogP contribution in [0.25, 0.3) is 0 Å². The fraction of sp³-hybridized carbons (Fsp3) is 0.950. The molecule has 0 atom stereocenters. The third-order valence-electron chi connectivity index (χ3n) is 5.87. The fourth-order valence-corrected chi connectivity index (χ4v) is 4.29. The lowest BCUT2D eigenvalue weighted by atomic mass is 9.79. The van der Waals surface area contributed by atoms with Gasteiger partial charge in [-0.15, -0.1) is 0 Å². The summed E-state index contributed by atoms with van der Waals surface area (Å²) in [5.74, 6) is 3.04. The molecule has 2 fully saturated rings. The molecule has 2 saturated carbocycles. The van der Waals surface area contributed by atoms with Gasteiger partial charge in [0.15, 0.2) is 0 Å². The standard InChI is InChI=1S/C20H36O4/c1-15(2)11-16-3-7-18(8-4-16)13-23-20(22)24-14-19-9-5-17(12-21)6-10-19/h15-19,21H,3-14H2,1-2H3. The number of hydrogen-bond acceptors (Lipinski definition) is 4. The van der Waals surface area contributed by atoms with Crippen LogP contribution in [0.4, 0.5) is 4.79 Å². The summed E-state index contributed by atoms with van der Waals surface area (Å²) in [5, 5.41) is 9.14. The molecular weight excluding hydrogens is 304 g/mol. The maximum absolute atomic E-state index is 11.8. The highest BCUT2D eigenvalue weighted by Gasteiger charge is 2.24. The van der Waals surface area contributed by atoms with Gasteiger partial charge in [0.25, 0.3) is 0 Å². The number of carbonyl (C=O) groups excluding carboxylic acids is 1. The number of ether oxygens (including phenoxy) is 2. The first-order valence-corrected chi connectivity index (χ1v) is 9.97. The molecule has 0 heterocycles. The molecule has 24 heavy (non-hydrogen) atoms. The first-order chi connectivity index (χ1) is 11.6. The Morgan fingerprint density at radius 1 is 0.833 bits per heavy atom. The lowest BCUT2D eigenvalue weighted by molar-refractivity contribution is 0.0216. The second-order valence-corrected chi connectivity index (χ2v) is 8.46. The minimum Gasteiger partial charge on any atom is -0.434 e. The quantitative estimate of drug-likeness (QED) is 0.677. The number of aliphatic hydroxyl groups excluding tert-OH is 1. The molecule has 2 aliphatic carbocycles. The van der Waals surface area contributed by atoms with Crippen molar-refractivity contribution in [2.45, 2.75) is 71.6 Å². The van der Waals surface area contributed by atoms with Crippen molar-refractivity contribution in [1.82, 2.24) is 0 Å². The first-order valence-electron chi connectivity index (χ1n) is 9.97. The van der Waals surface area contributed by atoms with Crippen molar-refractivity contribution in [1.29, 1.82) is 0 Å². The van der Waals surface area contributed by atoms with Crippen molar-refractivity contribution < 1.29 is 19.4 Å². The molecule has 4 heteroatoms. The maximum atomic E-state index is 11.8. The molecule has 0 radical (unpaired) electrons. The molecule has 1 N–H and O–H groups in total. The Morgan fingerprint density at radius 2 is 1.25 bits per heavy atom. The maximum Gasteiger partial charge on any atom is 0.508 e. The van der Waals surface area contributed by atoms with Crippen LogP contribution in [0.1, 0.15) is 71.6 Å². The average molecular weight is 341 g/mol. The molecule has 0 bridgehead atoms. The van der Waals surface area contributed by atoms with Gasteiger partial charge in [-0.3, -0.25) is 0 Å². The molecule has 0 unspecified atom stereocenters. The molecule has 0 aromatic carbocycles. The first kappa shape index (κ1) is 19.6. The van der Waals surface area contributed by atoms with Crippen molar-refractivity contribution in [3.05, 3.63) is 0 Å². The SMILES string of the molecule is CC(C)CC1CCC(COC(=O)OCC2CCC(CO)CC2)CC1. The zero-order valence-corrected chi connectivity index (χ0v) is 15.5. The van der Waals surface area contributed by atoms with Gasteiger partial charge in [0, 0.05) is 6.61 Å². The Balaban J connectivity index is 1.53. The van der Waals surface area contributed by atoms with Gasteiger partial charge in [-0.05, 0) is 74.5 Å².